The summed E-state index contributed by atoms with van der Waals surface area (Å²) in [5.74, 6) is 1.82. The van der Waals surface area contributed by atoms with Gasteiger partial charge in [0.25, 0.3) is 0 Å². The minimum Gasteiger partial charge on any atom is -0.460 e. The summed E-state index contributed by atoms with van der Waals surface area (Å²) < 4.78 is 6.05. The Morgan fingerprint density at radius 3 is 2.92 bits per heavy atom. The average Bonchev–Trinajstić information content (AvgIpc) is 2.60. The summed E-state index contributed by atoms with van der Waals surface area (Å²) in [5.41, 5.74) is -0.142. The molecule has 0 unspecified atom stereocenters. The second-order valence-electron chi connectivity index (χ2n) is 4.89. The van der Waals surface area contributed by atoms with Crippen LogP contribution in [-0.2, 0) is 9.53 Å². The maximum atomic E-state index is 11.7. The van der Waals surface area contributed by atoms with Crippen molar-refractivity contribution in [1.29, 1.82) is 0 Å². The molecule has 1 aliphatic heterocycles. The highest BCUT2D eigenvalue weighted by Crippen LogP contribution is 2.66. The highest BCUT2D eigenvalue weighted by atomic mass is 127. The molecule has 0 aromatic carbocycles. The van der Waals surface area contributed by atoms with Gasteiger partial charge in [0, 0.05) is 5.92 Å². The Balaban J connectivity index is 2.13. The molecule has 0 aromatic heterocycles. The standard InChI is InChI=1S/C10H13IO2/c1-4-5-3-6-8(7(5)11)13-9(12)10(4,6)2/h4-8H,3H2,1-2H3/t4-,5+,6+,7+,8+,10+/m1/s1. The van der Waals surface area contributed by atoms with Gasteiger partial charge in [-0.3, -0.25) is 4.79 Å². The van der Waals surface area contributed by atoms with Crippen LogP contribution in [0, 0.1) is 23.2 Å². The van der Waals surface area contributed by atoms with Gasteiger partial charge in [0.1, 0.15) is 6.10 Å². The minimum absolute atomic E-state index is 0.0664. The van der Waals surface area contributed by atoms with E-state index in [1.54, 1.807) is 0 Å². The van der Waals surface area contributed by atoms with Crippen molar-refractivity contribution in [3.8, 4) is 0 Å². The molecule has 1 heterocycles. The molecule has 2 nitrogen and oxygen atoms in total. The van der Waals surface area contributed by atoms with Crippen LogP contribution in [0.2, 0.25) is 0 Å². The lowest BCUT2D eigenvalue weighted by Gasteiger charge is -2.32. The van der Waals surface area contributed by atoms with Gasteiger partial charge in [0.05, 0.1) is 9.34 Å². The number of carbonyl (C=O) groups is 1. The van der Waals surface area contributed by atoms with Gasteiger partial charge in [-0.05, 0) is 25.2 Å². The van der Waals surface area contributed by atoms with Gasteiger partial charge in [-0.1, -0.05) is 29.5 Å². The molecule has 2 saturated carbocycles. The van der Waals surface area contributed by atoms with Crippen LogP contribution in [-0.4, -0.2) is 16.0 Å². The van der Waals surface area contributed by atoms with Gasteiger partial charge >= 0.3 is 5.97 Å². The number of alkyl halides is 1. The third-order valence-electron chi connectivity index (χ3n) is 4.69. The van der Waals surface area contributed by atoms with Crippen molar-refractivity contribution in [2.24, 2.45) is 23.2 Å². The van der Waals surface area contributed by atoms with Gasteiger partial charge in [0.2, 0.25) is 0 Å². The number of hydrogen-bond acceptors (Lipinski definition) is 2. The molecule has 1 saturated heterocycles. The Morgan fingerprint density at radius 2 is 2.31 bits per heavy atom. The first-order valence-corrected chi connectivity index (χ1v) is 6.16. The second-order valence-corrected chi connectivity index (χ2v) is 6.33. The smallest absolute Gasteiger partial charge is 0.312 e. The first-order valence-electron chi connectivity index (χ1n) is 4.92. The van der Waals surface area contributed by atoms with E-state index in [9.17, 15) is 4.79 Å². The van der Waals surface area contributed by atoms with Crippen molar-refractivity contribution in [3.63, 3.8) is 0 Å². The maximum absolute atomic E-state index is 11.7. The highest BCUT2D eigenvalue weighted by molar-refractivity contribution is 14.1. The average molecular weight is 292 g/mol. The summed E-state index contributed by atoms with van der Waals surface area (Å²) in [6, 6.07) is 0. The molecule has 0 amide bonds. The zero-order valence-corrected chi connectivity index (χ0v) is 9.95. The fourth-order valence-electron chi connectivity index (χ4n) is 3.61. The van der Waals surface area contributed by atoms with E-state index in [4.69, 9.17) is 4.74 Å². The van der Waals surface area contributed by atoms with Crippen LogP contribution in [0.3, 0.4) is 0 Å². The molecule has 3 rings (SSSR count). The van der Waals surface area contributed by atoms with E-state index < -0.39 is 0 Å². The summed E-state index contributed by atoms with van der Waals surface area (Å²) in [6.45, 7) is 4.33. The molecule has 2 aliphatic carbocycles. The lowest BCUT2D eigenvalue weighted by atomic mass is 9.69. The van der Waals surface area contributed by atoms with E-state index in [2.05, 4.69) is 36.4 Å². The van der Waals surface area contributed by atoms with Crippen molar-refractivity contribution < 1.29 is 9.53 Å². The Morgan fingerprint density at radius 1 is 1.62 bits per heavy atom. The molecule has 3 aliphatic rings. The number of ether oxygens (including phenoxy) is 1. The molecule has 0 spiro atoms. The van der Waals surface area contributed by atoms with Crippen LogP contribution in [0.5, 0.6) is 0 Å². The van der Waals surface area contributed by atoms with Crippen molar-refractivity contribution in [3.05, 3.63) is 0 Å². The van der Waals surface area contributed by atoms with Crippen LogP contribution in [0.25, 0.3) is 0 Å². The monoisotopic (exact) mass is 292 g/mol. The lowest BCUT2D eigenvalue weighted by Crippen LogP contribution is -2.39. The maximum Gasteiger partial charge on any atom is 0.312 e. The summed E-state index contributed by atoms with van der Waals surface area (Å²) in [4.78, 5) is 11.7. The summed E-state index contributed by atoms with van der Waals surface area (Å²) in [6.07, 6.45) is 1.45. The van der Waals surface area contributed by atoms with Crippen LogP contribution >= 0.6 is 22.6 Å². The fourth-order valence-corrected chi connectivity index (χ4v) is 5.17. The Labute approximate surface area is 91.5 Å². The second kappa shape index (κ2) is 2.23. The molecule has 2 bridgehead atoms. The lowest BCUT2D eigenvalue weighted by molar-refractivity contribution is -0.148. The zero-order chi connectivity index (χ0) is 9.38. The Hall–Kier alpha value is 0.200. The topological polar surface area (TPSA) is 26.3 Å². The number of fused-ring (bicyclic) bond motifs is 1. The van der Waals surface area contributed by atoms with Crippen LogP contribution in [0.4, 0.5) is 0 Å². The zero-order valence-electron chi connectivity index (χ0n) is 7.79. The summed E-state index contributed by atoms with van der Waals surface area (Å²) >= 11 is 2.47. The van der Waals surface area contributed by atoms with E-state index in [1.807, 2.05) is 0 Å². The van der Waals surface area contributed by atoms with Crippen molar-refractivity contribution in [2.45, 2.75) is 30.3 Å². The first kappa shape index (κ1) is 8.50. The molecular formula is C10H13IO2. The van der Waals surface area contributed by atoms with Gasteiger partial charge in [-0.25, -0.2) is 0 Å². The van der Waals surface area contributed by atoms with Gasteiger partial charge in [0.15, 0.2) is 0 Å². The minimum atomic E-state index is -0.142. The number of halogens is 1. The quantitative estimate of drug-likeness (QED) is 0.388. The Kier molecular flexibility index (Phi) is 1.46. The van der Waals surface area contributed by atoms with Gasteiger partial charge in [-0.2, -0.15) is 0 Å². The SMILES string of the molecule is C[C@@H]1[C@@H]2C[C@H]3[C@H](OC(=O)[C@@]13C)[C@H]2I. The van der Waals surface area contributed by atoms with Gasteiger partial charge in [-0.15, -0.1) is 0 Å². The molecule has 6 atom stereocenters. The molecule has 3 fully saturated rings. The third-order valence-corrected chi connectivity index (χ3v) is 6.32. The van der Waals surface area contributed by atoms with Gasteiger partial charge < -0.3 is 4.74 Å². The van der Waals surface area contributed by atoms with Crippen molar-refractivity contribution >= 4 is 28.6 Å². The Bertz CT molecular complexity index is 291. The number of hydrogen-bond donors (Lipinski definition) is 0. The van der Waals surface area contributed by atoms with E-state index in [-0.39, 0.29) is 17.5 Å². The van der Waals surface area contributed by atoms with Crippen LogP contribution in [0.1, 0.15) is 20.3 Å². The number of rotatable bonds is 0. The molecule has 0 N–H and O–H groups in total. The predicted octanol–water partition coefficient (Wildman–Crippen LogP) is 2.01. The van der Waals surface area contributed by atoms with E-state index >= 15 is 0 Å². The van der Waals surface area contributed by atoms with E-state index in [1.165, 1.54) is 6.42 Å². The highest BCUT2D eigenvalue weighted by Gasteiger charge is 2.70. The summed E-state index contributed by atoms with van der Waals surface area (Å²) in [5, 5.41) is 0. The fraction of sp³-hybridized carbons (Fsp3) is 0.900. The van der Waals surface area contributed by atoms with E-state index in [0.717, 1.165) is 0 Å². The van der Waals surface area contributed by atoms with Crippen LogP contribution in [0.15, 0.2) is 0 Å². The summed E-state index contributed by atoms with van der Waals surface area (Å²) in [7, 11) is 0. The molecular weight excluding hydrogens is 279 g/mol. The normalized spacial score (nSPS) is 63.0. The van der Waals surface area contributed by atoms with Crippen molar-refractivity contribution in [2.75, 3.05) is 0 Å². The predicted molar refractivity (Wildman–Crippen MR) is 56.6 cm³/mol. The number of carbonyl (C=O) groups excluding carboxylic acids is 1. The van der Waals surface area contributed by atoms with Crippen LogP contribution < -0.4 is 0 Å². The first-order chi connectivity index (χ1) is 6.06. The van der Waals surface area contributed by atoms with Crippen molar-refractivity contribution in [1.82, 2.24) is 0 Å². The number of esters is 1. The molecule has 13 heavy (non-hydrogen) atoms. The molecule has 0 radical (unpaired) electrons. The molecule has 0 aromatic rings. The molecule has 72 valence electrons. The third kappa shape index (κ3) is 0.713. The molecule has 3 heteroatoms. The largest absolute Gasteiger partial charge is 0.460 e. The van der Waals surface area contributed by atoms with E-state index in [0.29, 0.717) is 21.7 Å².